The molecule has 1 saturated carbocycles. The van der Waals surface area contributed by atoms with E-state index < -0.39 is 0 Å². The Morgan fingerprint density at radius 3 is 2.62 bits per heavy atom. The van der Waals surface area contributed by atoms with Crippen LogP contribution in [-0.4, -0.2) is 5.91 Å². The van der Waals surface area contributed by atoms with Crippen molar-refractivity contribution in [2.75, 3.05) is 5.32 Å². The van der Waals surface area contributed by atoms with E-state index in [4.69, 9.17) is 0 Å². The van der Waals surface area contributed by atoms with Gasteiger partial charge in [0, 0.05) is 11.6 Å². The number of aryl methyl sites for hydroxylation is 1. The molecule has 1 N–H and O–H groups in total. The number of amides is 1. The van der Waals surface area contributed by atoms with Crippen LogP contribution >= 0.6 is 0 Å². The molecule has 1 aromatic carbocycles. The third kappa shape index (κ3) is 5.18. The van der Waals surface area contributed by atoms with Crippen LogP contribution < -0.4 is 5.32 Å². The molecule has 1 fully saturated rings. The minimum absolute atomic E-state index is 0.222. The van der Waals surface area contributed by atoms with Gasteiger partial charge < -0.3 is 5.32 Å². The zero-order valence-electron chi connectivity index (χ0n) is 13.5. The highest BCUT2D eigenvalue weighted by molar-refractivity contribution is 5.95. The second-order valence-corrected chi connectivity index (χ2v) is 6.46. The first-order chi connectivity index (χ1) is 10.2. The lowest BCUT2D eigenvalue weighted by molar-refractivity contribution is -0.117. The second-order valence-electron chi connectivity index (χ2n) is 6.46. The Morgan fingerprint density at radius 1 is 1.14 bits per heavy atom. The van der Waals surface area contributed by atoms with E-state index in [2.05, 4.69) is 12.2 Å². The van der Waals surface area contributed by atoms with E-state index in [1.165, 1.54) is 44.9 Å². The molecule has 1 aromatic rings. The molecule has 2 heteroatoms. The molecule has 0 bridgehead atoms. The molecule has 0 radical (unpaired) electrons. The molecule has 2 nitrogen and oxygen atoms in total. The molecule has 0 aromatic heterocycles. The number of anilines is 1. The van der Waals surface area contributed by atoms with Gasteiger partial charge in [0.2, 0.25) is 5.91 Å². The van der Waals surface area contributed by atoms with Crippen molar-refractivity contribution >= 4 is 11.6 Å². The highest BCUT2D eigenvalue weighted by atomic mass is 16.2. The predicted molar refractivity (Wildman–Crippen MR) is 89.4 cm³/mol. The van der Waals surface area contributed by atoms with Crippen molar-refractivity contribution in [3.05, 3.63) is 29.8 Å². The predicted octanol–water partition coefficient (Wildman–Crippen LogP) is 5.32. The number of nitrogens with one attached hydrogen (secondary N) is 1. The van der Waals surface area contributed by atoms with Gasteiger partial charge in [-0.1, -0.05) is 63.6 Å². The summed E-state index contributed by atoms with van der Waals surface area (Å²) in [6, 6.07) is 8.00. The zero-order chi connectivity index (χ0) is 15.1. The largest absolute Gasteiger partial charge is 0.326 e. The molecule has 1 amide bonds. The Bertz CT molecular complexity index is 455. The first-order valence-corrected chi connectivity index (χ1v) is 8.59. The molecule has 21 heavy (non-hydrogen) atoms. The summed E-state index contributed by atoms with van der Waals surface area (Å²) in [6.07, 6.45) is 10.4. The van der Waals surface area contributed by atoms with Gasteiger partial charge in [0.05, 0.1) is 0 Å². The van der Waals surface area contributed by atoms with Crippen LogP contribution in [0.15, 0.2) is 24.3 Å². The number of carbonyl (C=O) groups excluding carboxylic acids is 1. The monoisotopic (exact) mass is 287 g/mol. The van der Waals surface area contributed by atoms with Crippen LogP contribution in [0.4, 0.5) is 5.69 Å². The minimum Gasteiger partial charge on any atom is -0.326 e. The summed E-state index contributed by atoms with van der Waals surface area (Å²) in [5.74, 6) is 1.13. The van der Waals surface area contributed by atoms with Gasteiger partial charge in [0.25, 0.3) is 0 Å². The first kappa shape index (κ1) is 16.1. The Hall–Kier alpha value is -1.31. The summed E-state index contributed by atoms with van der Waals surface area (Å²) >= 11 is 0. The summed E-state index contributed by atoms with van der Waals surface area (Å²) in [5, 5.41) is 3.08. The number of hydrogen-bond donors (Lipinski definition) is 1. The van der Waals surface area contributed by atoms with Crippen molar-refractivity contribution in [3.8, 4) is 0 Å². The highest BCUT2D eigenvalue weighted by Gasteiger charge is 2.42. The van der Waals surface area contributed by atoms with Crippen molar-refractivity contribution < 1.29 is 4.79 Å². The average molecular weight is 287 g/mol. The van der Waals surface area contributed by atoms with Crippen LogP contribution in [0.1, 0.15) is 63.9 Å². The molecule has 0 unspecified atom stereocenters. The third-order valence-electron chi connectivity index (χ3n) is 4.59. The zero-order valence-corrected chi connectivity index (χ0v) is 13.5. The molecule has 0 saturated heterocycles. The maximum atomic E-state index is 12.2. The number of para-hydroxylation sites is 1. The summed E-state index contributed by atoms with van der Waals surface area (Å²) in [5.41, 5.74) is 2.10. The van der Waals surface area contributed by atoms with Gasteiger partial charge in [-0.25, -0.2) is 0 Å². The number of carbonyl (C=O) groups is 1. The summed E-state index contributed by atoms with van der Waals surface area (Å²) < 4.78 is 0. The molecular formula is C19H29NO. The second kappa shape index (κ2) is 8.21. The van der Waals surface area contributed by atoms with E-state index in [0.717, 1.165) is 17.7 Å². The van der Waals surface area contributed by atoms with Crippen molar-refractivity contribution in [1.29, 1.82) is 0 Å². The maximum Gasteiger partial charge on any atom is 0.227 e. The lowest BCUT2D eigenvalue weighted by Crippen LogP contribution is -2.15. The Balaban J connectivity index is 1.62. The molecular weight excluding hydrogens is 258 g/mol. The van der Waals surface area contributed by atoms with Gasteiger partial charge >= 0.3 is 0 Å². The van der Waals surface area contributed by atoms with Gasteiger partial charge in [-0.3, -0.25) is 4.79 Å². The smallest absolute Gasteiger partial charge is 0.227 e. The fourth-order valence-electron chi connectivity index (χ4n) is 3.01. The van der Waals surface area contributed by atoms with Crippen LogP contribution in [0.2, 0.25) is 0 Å². The van der Waals surface area contributed by atoms with E-state index in [-0.39, 0.29) is 11.8 Å². The van der Waals surface area contributed by atoms with Gasteiger partial charge in [0.15, 0.2) is 0 Å². The van der Waals surface area contributed by atoms with Crippen LogP contribution in [0.5, 0.6) is 0 Å². The van der Waals surface area contributed by atoms with Gasteiger partial charge in [-0.2, -0.15) is 0 Å². The van der Waals surface area contributed by atoms with Gasteiger partial charge in [0.1, 0.15) is 0 Å². The molecule has 1 aliphatic rings. The van der Waals surface area contributed by atoms with Crippen molar-refractivity contribution in [1.82, 2.24) is 0 Å². The van der Waals surface area contributed by atoms with Crippen LogP contribution in [0, 0.1) is 18.8 Å². The lowest BCUT2D eigenvalue weighted by Gasteiger charge is -2.07. The first-order valence-electron chi connectivity index (χ1n) is 8.59. The lowest BCUT2D eigenvalue weighted by atomic mass is 10.1. The SMILES string of the molecule is CCCCCCCC[C@@H]1C[C@H]1C(=O)Nc1ccccc1C. The average Bonchev–Trinajstić information content (AvgIpc) is 3.25. The topological polar surface area (TPSA) is 29.1 Å². The molecule has 0 heterocycles. The van der Waals surface area contributed by atoms with E-state index >= 15 is 0 Å². The molecule has 0 spiro atoms. The Labute approximate surface area is 129 Å². The molecule has 116 valence electrons. The summed E-state index contributed by atoms with van der Waals surface area (Å²) in [4.78, 5) is 12.2. The standard InChI is InChI=1S/C19H29NO/c1-3-4-5-6-7-8-12-16-14-17(16)19(21)20-18-13-10-9-11-15(18)2/h9-11,13,16-17H,3-8,12,14H2,1-2H3,(H,20,21)/t16-,17-/m1/s1. The van der Waals surface area contributed by atoms with Crippen LogP contribution in [-0.2, 0) is 4.79 Å². The third-order valence-corrected chi connectivity index (χ3v) is 4.59. The number of unbranched alkanes of at least 4 members (excludes halogenated alkanes) is 5. The van der Waals surface area contributed by atoms with Crippen LogP contribution in [0.3, 0.4) is 0 Å². The molecule has 2 atom stereocenters. The molecule has 2 rings (SSSR count). The Kier molecular flexibility index (Phi) is 6.28. The number of rotatable bonds is 9. The fourth-order valence-corrected chi connectivity index (χ4v) is 3.01. The molecule has 0 aliphatic heterocycles. The van der Waals surface area contributed by atoms with E-state index in [1.807, 2.05) is 31.2 Å². The fraction of sp³-hybridized carbons (Fsp3) is 0.632. The van der Waals surface area contributed by atoms with E-state index in [0.29, 0.717) is 5.92 Å². The van der Waals surface area contributed by atoms with Crippen LogP contribution in [0.25, 0.3) is 0 Å². The normalized spacial score (nSPS) is 20.3. The Morgan fingerprint density at radius 2 is 1.86 bits per heavy atom. The highest BCUT2D eigenvalue weighted by Crippen LogP contribution is 2.43. The van der Waals surface area contributed by atoms with Gasteiger partial charge in [-0.05, 0) is 37.3 Å². The van der Waals surface area contributed by atoms with Crippen molar-refractivity contribution in [2.45, 2.75) is 65.2 Å². The number of benzene rings is 1. The summed E-state index contributed by atoms with van der Waals surface area (Å²) in [6.45, 7) is 4.29. The van der Waals surface area contributed by atoms with E-state index in [1.54, 1.807) is 0 Å². The van der Waals surface area contributed by atoms with E-state index in [9.17, 15) is 4.79 Å². The maximum absolute atomic E-state index is 12.2. The van der Waals surface area contributed by atoms with Crippen molar-refractivity contribution in [3.63, 3.8) is 0 Å². The van der Waals surface area contributed by atoms with Gasteiger partial charge in [-0.15, -0.1) is 0 Å². The quantitative estimate of drug-likeness (QED) is 0.612. The summed E-state index contributed by atoms with van der Waals surface area (Å²) in [7, 11) is 0. The number of hydrogen-bond acceptors (Lipinski definition) is 1. The molecule has 1 aliphatic carbocycles. The van der Waals surface area contributed by atoms with Crippen molar-refractivity contribution in [2.24, 2.45) is 11.8 Å². The minimum atomic E-state index is 0.222.